The Labute approximate surface area is 103 Å². The van der Waals surface area contributed by atoms with Gasteiger partial charge in [0.1, 0.15) is 0 Å². The number of amides is 2. The van der Waals surface area contributed by atoms with E-state index < -0.39 is 0 Å². The van der Waals surface area contributed by atoms with Crippen molar-refractivity contribution < 1.29 is 9.59 Å². The largest absolute Gasteiger partial charge is 0.339 e. The van der Waals surface area contributed by atoms with Gasteiger partial charge in [0.05, 0.1) is 6.54 Å². The van der Waals surface area contributed by atoms with Gasteiger partial charge in [-0.25, -0.2) is 0 Å². The normalized spacial score (nSPS) is 16.5. The fourth-order valence-corrected chi connectivity index (χ4v) is 1.95. The summed E-state index contributed by atoms with van der Waals surface area (Å²) in [6.07, 6.45) is 1.50. The van der Waals surface area contributed by atoms with E-state index in [1.807, 2.05) is 35.7 Å². The zero-order valence-electron chi connectivity index (χ0n) is 11.1. The van der Waals surface area contributed by atoms with Crippen molar-refractivity contribution >= 4 is 11.8 Å². The van der Waals surface area contributed by atoms with E-state index >= 15 is 0 Å². The van der Waals surface area contributed by atoms with E-state index in [2.05, 4.69) is 0 Å². The zero-order chi connectivity index (χ0) is 12.8. The first-order valence-electron chi connectivity index (χ1n) is 6.25. The van der Waals surface area contributed by atoms with Gasteiger partial charge in [0.25, 0.3) is 0 Å². The monoisotopic (exact) mass is 241 g/mol. The third kappa shape index (κ3) is 4.34. The summed E-state index contributed by atoms with van der Waals surface area (Å²) >= 11 is 0. The third-order valence-electron chi connectivity index (χ3n) is 2.90. The van der Waals surface area contributed by atoms with Gasteiger partial charge in [-0.3, -0.25) is 9.59 Å². The van der Waals surface area contributed by atoms with Crippen LogP contribution in [-0.4, -0.2) is 73.3 Å². The van der Waals surface area contributed by atoms with Gasteiger partial charge >= 0.3 is 0 Å². The number of likely N-dealkylation sites (N-methyl/N-ethyl adjacent to an activating group) is 1. The Kier molecular flexibility index (Phi) is 5.41. The molecule has 0 aromatic rings. The molecule has 0 N–H and O–H groups in total. The van der Waals surface area contributed by atoms with Crippen molar-refractivity contribution in [1.82, 2.24) is 14.7 Å². The van der Waals surface area contributed by atoms with Crippen LogP contribution in [0.5, 0.6) is 0 Å². The molecule has 1 heterocycles. The van der Waals surface area contributed by atoms with Crippen LogP contribution in [-0.2, 0) is 9.59 Å². The maximum Gasteiger partial charge on any atom is 0.236 e. The van der Waals surface area contributed by atoms with Crippen LogP contribution in [0.1, 0.15) is 19.8 Å². The van der Waals surface area contributed by atoms with Crippen molar-refractivity contribution in [2.45, 2.75) is 19.8 Å². The molecule has 1 saturated heterocycles. The van der Waals surface area contributed by atoms with E-state index in [1.165, 1.54) is 0 Å². The van der Waals surface area contributed by atoms with Gasteiger partial charge in [0, 0.05) is 32.6 Å². The topological polar surface area (TPSA) is 43.9 Å². The lowest BCUT2D eigenvalue weighted by Crippen LogP contribution is -2.52. The van der Waals surface area contributed by atoms with Crippen molar-refractivity contribution in [3.05, 3.63) is 0 Å². The van der Waals surface area contributed by atoms with Crippen molar-refractivity contribution in [3.8, 4) is 0 Å². The zero-order valence-corrected chi connectivity index (χ0v) is 11.1. The average molecular weight is 241 g/mol. The summed E-state index contributed by atoms with van der Waals surface area (Å²) in [7, 11) is 3.78. The maximum atomic E-state index is 11.8. The Morgan fingerprint density at radius 1 is 1.00 bits per heavy atom. The molecular formula is C12H23N3O2. The van der Waals surface area contributed by atoms with Crippen LogP contribution in [0.2, 0.25) is 0 Å². The molecule has 98 valence electrons. The van der Waals surface area contributed by atoms with Crippen LogP contribution in [0.25, 0.3) is 0 Å². The minimum absolute atomic E-state index is 0.151. The van der Waals surface area contributed by atoms with Crippen LogP contribution in [0, 0.1) is 0 Å². The Hall–Kier alpha value is -1.10. The van der Waals surface area contributed by atoms with E-state index in [9.17, 15) is 9.59 Å². The Balaban J connectivity index is 2.35. The van der Waals surface area contributed by atoms with Gasteiger partial charge in [-0.1, -0.05) is 6.92 Å². The lowest BCUT2D eigenvalue weighted by atomic mass is 10.2. The van der Waals surface area contributed by atoms with Crippen molar-refractivity contribution in [2.75, 3.05) is 46.8 Å². The van der Waals surface area contributed by atoms with E-state index in [0.717, 1.165) is 6.42 Å². The van der Waals surface area contributed by atoms with E-state index in [4.69, 9.17) is 0 Å². The lowest BCUT2D eigenvalue weighted by molar-refractivity contribution is -0.139. The number of rotatable bonds is 4. The molecule has 5 heteroatoms. The SMILES string of the molecule is CCCC(=O)N1CCN(C(=O)CN(C)C)CC1. The summed E-state index contributed by atoms with van der Waals surface area (Å²) in [5.74, 6) is 0.366. The molecule has 0 atom stereocenters. The minimum Gasteiger partial charge on any atom is -0.339 e. The highest BCUT2D eigenvalue weighted by molar-refractivity contribution is 5.79. The summed E-state index contributed by atoms with van der Waals surface area (Å²) in [6.45, 7) is 5.15. The molecule has 1 aliphatic heterocycles. The molecule has 0 saturated carbocycles. The van der Waals surface area contributed by atoms with Crippen molar-refractivity contribution in [2.24, 2.45) is 0 Å². The Bertz CT molecular complexity index is 271. The molecule has 2 amide bonds. The van der Waals surface area contributed by atoms with Gasteiger partial charge in [-0.2, -0.15) is 0 Å². The van der Waals surface area contributed by atoms with Gasteiger partial charge in [-0.15, -0.1) is 0 Å². The molecule has 17 heavy (non-hydrogen) atoms. The molecule has 0 radical (unpaired) electrons. The number of hydrogen-bond donors (Lipinski definition) is 0. The fourth-order valence-electron chi connectivity index (χ4n) is 1.95. The summed E-state index contributed by atoms with van der Waals surface area (Å²) in [5, 5.41) is 0. The number of hydrogen-bond acceptors (Lipinski definition) is 3. The lowest BCUT2D eigenvalue weighted by Gasteiger charge is -2.35. The van der Waals surface area contributed by atoms with E-state index in [1.54, 1.807) is 0 Å². The average Bonchev–Trinajstić information content (AvgIpc) is 2.28. The molecule has 0 aliphatic carbocycles. The summed E-state index contributed by atoms with van der Waals surface area (Å²) in [4.78, 5) is 29.0. The Morgan fingerprint density at radius 2 is 1.47 bits per heavy atom. The summed E-state index contributed by atoms with van der Waals surface area (Å²) < 4.78 is 0. The first kappa shape index (κ1) is 14.0. The van der Waals surface area contributed by atoms with Gasteiger partial charge < -0.3 is 14.7 Å². The predicted octanol–water partition coefficient (Wildman–Crippen LogP) is 0.0189. The standard InChI is InChI=1S/C12H23N3O2/c1-4-5-11(16)14-6-8-15(9-7-14)12(17)10-13(2)3/h4-10H2,1-3H3. The van der Waals surface area contributed by atoms with Crippen LogP contribution in [0.3, 0.4) is 0 Å². The molecule has 1 aliphatic rings. The third-order valence-corrected chi connectivity index (χ3v) is 2.90. The Morgan fingerprint density at radius 3 is 1.88 bits per heavy atom. The van der Waals surface area contributed by atoms with Gasteiger partial charge in [-0.05, 0) is 20.5 Å². The van der Waals surface area contributed by atoms with E-state index in [0.29, 0.717) is 39.1 Å². The number of nitrogens with zero attached hydrogens (tertiary/aromatic N) is 3. The first-order valence-corrected chi connectivity index (χ1v) is 6.25. The van der Waals surface area contributed by atoms with Gasteiger partial charge in [0.2, 0.25) is 11.8 Å². The number of carbonyl (C=O) groups excluding carboxylic acids is 2. The second kappa shape index (κ2) is 6.59. The number of piperazine rings is 1. The number of carbonyl (C=O) groups is 2. The molecule has 1 fully saturated rings. The molecule has 5 nitrogen and oxygen atoms in total. The summed E-state index contributed by atoms with van der Waals surface area (Å²) in [6, 6.07) is 0. The molecular weight excluding hydrogens is 218 g/mol. The minimum atomic E-state index is 0.151. The second-order valence-corrected chi connectivity index (χ2v) is 4.75. The highest BCUT2D eigenvalue weighted by Crippen LogP contribution is 2.05. The molecule has 0 bridgehead atoms. The highest BCUT2D eigenvalue weighted by atomic mass is 16.2. The molecule has 0 unspecified atom stereocenters. The van der Waals surface area contributed by atoms with Crippen LogP contribution in [0.15, 0.2) is 0 Å². The van der Waals surface area contributed by atoms with E-state index in [-0.39, 0.29) is 11.8 Å². The van der Waals surface area contributed by atoms with Crippen LogP contribution in [0.4, 0.5) is 0 Å². The maximum absolute atomic E-state index is 11.8. The smallest absolute Gasteiger partial charge is 0.236 e. The fraction of sp³-hybridized carbons (Fsp3) is 0.833. The quantitative estimate of drug-likeness (QED) is 0.697. The molecule has 0 spiro atoms. The highest BCUT2D eigenvalue weighted by Gasteiger charge is 2.23. The molecule has 0 aromatic carbocycles. The molecule has 0 aromatic heterocycles. The summed E-state index contributed by atoms with van der Waals surface area (Å²) in [5.41, 5.74) is 0. The second-order valence-electron chi connectivity index (χ2n) is 4.75. The van der Waals surface area contributed by atoms with Crippen LogP contribution >= 0.6 is 0 Å². The van der Waals surface area contributed by atoms with Crippen molar-refractivity contribution in [1.29, 1.82) is 0 Å². The molecule has 1 rings (SSSR count). The van der Waals surface area contributed by atoms with Crippen LogP contribution < -0.4 is 0 Å². The predicted molar refractivity (Wildman–Crippen MR) is 66.6 cm³/mol. The first-order chi connectivity index (χ1) is 8.04. The van der Waals surface area contributed by atoms with Gasteiger partial charge in [0.15, 0.2) is 0 Å². The van der Waals surface area contributed by atoms with Crippen molar-refractivity contribution in [3.63, 3.8) is 0 Å².